The molecule has 1 atom stereocenters. The van der Waals surface area contributed by atoms with Gasteiger partial charge in [-0.1, -0.05) is 0 Å². The van der Waals surface area contributed by atoms with Crippen molar-refractivity contribution >= 4 is 27.3 Å². The van der Waals surface area contributed by atoms with Crippen LogP contribution in [0.15, 0.2) is 17.5 Å². The van der Waals surface area contributed by atoms with Gasteiger partial charge in [0, 0.05) is 28.6 Å². The van der Waals surface area contributed by atoms with Crippen LogP contribution in [0.1, 0.15) is 18.1 Å². The van der Waals surface area contributed by atoms with Crippen molar-refractivity contribution in [1.29, 1.82) is 0 Å². The Morgan fingerprint density at radius 2 is 2.28 bits per heavy atom. The molecular formula is C14H15NO2S. The number of nitrogens with one attached hydrogen (secondary N) is 1. The molecule has 0 radical (unpaired) electrons. The van der Waals surface area contributed by atoms with Gasteiger partial charge in [0.15, 0.2) is 0 Å². The summed E-state index contributed by atoms with van der Waals surface area (Å²) in [5, 5.41) is 6.55. The summed E-state index contributed by atoms with van der Waals surface area (Å²) in [5.41, 5.74) is 2.56. The highest BCUT2D eigenvalue weighted by molar-refractivity contribution is 7.17. The van der Waals surface area contributed by atoms with Gasteiger partial charge in [0.25, 0.3) is 0 Å². The topological polar surface area (TPSA) is 38.3 Å². The van der Waals surface area contributed by atoms with Gasteiger partial charge in [-0.15, -0.1) is 11.3 Å². The molecule has 1 aromatic heterocycles. The predicted molar refractivity (Wildman–Crippen MR) is 73.4 cm³/mol. The largest absolute Gasteiger partial charge is 0.496 e. The zero-order valence-electron chi connectivity index (χ0n) is 10.4. The van der Waals surface area contributed by atoms with Crippen LogP contribution in [0.25, 0.3) is 10.1 Å². The lowest BCUT2D eigenvalue weighted by Gasteiger charge is -2.24. The van der Waals surface area contributed by atoms with Crippen molar-refractivity contribution in [3.63, 3.8) is 0 Å². The number of thiophene rings is 1. The maximum atomic E-state index is 11.2. The van der Waals surface area contributed by atoms with E-state index in [4.69, 9.17) is 4.74 Å². The van der Waals surface area contributed by atoms with Crippen molar-refractivity contribution in [3.05, 3.63) is 28.6 Å². The molecule has 0 bridgehead atoms. The quantitative estimate of drug-likeness (QED) is 0.902. The van der Waals surface area contributed by atoms with E-state index in [0.29, 0.717) is 0 Å². The summed E-state index contributed by atoms with van der Waals surface area (Å²) in [6, 6.07) is 4.32. The first-order valence-corrected chi connectivity index (χ1v) is 6.90. The molecule has 0 fully saturated rings. The zero-order valence-corrected chi connectivity index (χ0v) is 11.3. The van der Waals surface area contributed by atoms with Gasteiger partial charge in [-0.3, -0.25) is 4.79 Å². The summed E-state index contributed by atoms with van der Waals surface area (Å²) in [6.45, 7) is 1.57. The van der Waals surface area contributed by atoms with E-state index < -0.39 is 0 Å². The van der Waals surface area contributed by atoms with Crippen molar-refractivity contribution in [2.75, 3.05) is 7.11 Å². The van der Waals surface area contributed by atoms with Crippen LogP contribution in [0.4, 0.5) is 0 Å². The number of carbonyl (C=O) groups excluding carboxylic acids is 1. The van der Waals surface area contributed by atoms with Crippen molar-refractivity contribution in [2.24, 2.45) is 0 Å². The predicted octanol–water partition coefficient (Wildman–Crippen LogP) is 2.51. The molecule has 1 amide bonds. The van der Waals surface area contributed by atoms with Gasteiger partial charge in [0.05, 0.1) is 7.11 Å². The lowest BCUT2D eigenvalue weighted by Crippen LogP contribution is -2.38. The fourth-order valence-electron chi connectivity index (χ4n) is 2.77. The molecule has 3 nitrogen and oxygen atoms in total. The standard InChI is InChI=1S/C14H15NO2S/c1-8(16)15-10-5-9-7-18-13-4-3-12(17-2)11(6-10)14(9)13/h3-4,7,10H,5-6H2,1-2H3,(H,15,16). The maximum Gasteiger partial charge on any atom is 0.217 e. The second-order valence-corrected chi connectivity index (χ2v) is 5.60. The lowest BCUT2D eigenvalue weighted by atomic mass is 9.88. The molecule has 18 heavy (non-hydrogen) atoms. The first-order chi connectivity index (χ1) is 8.69. The molecule has 1 N–H and O–H groups in total. The fourth-order valence-corrected chi connectivity index (χ4v) is 3.77. The monoisotopic (exact) mass is 261 g/mol. The Labute approximate surface area is 110 Å². The molecule has 1 aliphatic rings. The minimum absolute atomic E-state index is 0.0322. The molecule has 0 saturated carbocycles. The Kier molecular flexibility index (Phi) is 2.74. The first kappa shape index (κ1) is 11.5. The minimum atomic E-state index is 0.0322. The number of methoxy groups -OCH3 is 1. The molecule has 3 rings (SSSR count). The zero-order chi connectivity index (χ0) is 12.7. The summed E-state index contributed by atoms with van der Waals surface area (Å²) < 4.78 is 6.76. The molecular weight excluding hydrogens is 246 g/mol. The van der Waals surface area contributed by atoms with Crippen molar-refractivity contribution in [1.82, 2.24) is 5.32 Å². The average Bonchev–Trinajstić information content (AvgIpc) is 2.73. The van der Waals surface area contributed by atoms with Crippen LogP contribution >= 0.6 is 11.3 Å². The van der Waals surface area contributed by atoms with Crippen LogP contribution in [0.2, 0.25) is 0 Å². The Morgan fingerprint density at radius 1 is 1.44 bits per heavy atom. The summed E-state index contributed by atoms with van der Waals surface area (Å²) in [6.07, 6.45) is 1.77. The molecule has 1 heterocycles. The first-order valence-electron chi connectivity index (χ1n) is 6.02. The Morgan fingerprint density at radius 3 is 3.00 bits per heavy atom. The number of ether oxygens (including phenoxy) is 1. The van der Waals surface area contributed by atoms with Crippen LogP contribution in [0.5, 0.6) is 5.75 Å². The second kappa shape index (κ2) is 4.28. The van der Waals surface area contributed by atoms with E-state index in [9.17, 15) is 4.79 Å². The number of hydrogen-bond donors (Lipinski definition) is 1. The van der Waals surface area contributed by atoms with Gasteiger partial charge in [0.1, 0.15) is 5.75 Å². The number of benzene rings is 1. The maximum absolute atomic E-state index is 11.2. The van der Waals surface area contributed by atoms with Crippen LogP contribution in [-0.2, 0) is 17.6 Å². The van der Waals surface area contributed by atoms with E-state index in [1.165, 1.54) is 21.2 Å². The Balaban J connectivity index is 2.09. The summed E-state index contributed by atoms with van der Waals surface area (Å²) >= 11 is 1.76. The average molecular weight is 261 g/mol. The number of rotatable bonds is 2. The number of carbonyl (C=O) groups is 1. The van der Waals surface area contributed by atoms with Gasteiger partial charge < -0.3 is 10.1 Å². The van der Waals surface area contributed by atoms with Crippen molar-refractivity contribution < 1.29 is 9.53 Å². The summed E-state index contributed by atoms with van der Waals surface area (Å²) in [4.78, 5) is 11.2. The van der Waals surface area contributed by atoms with Crippen LogP contribution < -0.4 is 10.1 Å². The highest BCUT2D eigenvalue weighted by atomic mass is 32.1. The fraction of sp³-hybridized carbons (Fsp3) is 0.357. The molecule has 0 spiro atoms. The van der Waals surface area contributed by atoms with Crippen molar-refractivity contribution in [2.45, 2.75) is 25.8 Å². The Hall–Kier alpha value is -1.55. The van der Waals surface area contributed by atoms with Crippen molar-refractivity contribution in [3.8, 4) is 5.75 Å². The molecule has 94 valence electrons. The summed E-state index contributed by atoms with van der Waals surface area (Å²) in [5.74, 6) is 0.960. The second-order valence-electron chi connectivity index (χ2n) is 4.69. The van der Waals surface area contributed by atoms with E-state index >= 15 is 0 Å². The van der Waals surface area contributed by atoms with Crippen LogP contribution in [0.3, 0.4) is 0 Å². The van der Waals surface area contributed by atoms with E-state index in [-0.39, 0.29) is 11.9 Å². The number of hydrogen-bond acceptors (Lipinski definition) is 3. The van der Waals surface area contributed by atoms with Gasteiger partial charge in [-0.25, -0.2) is 0 Å². The Bertz CT molecular complexity index is 618. The van der Waals surface area contributed by atoms with E-state index in [0.717, 1.165) is 18.6 Å². The molecule has 4 heteroatoms. The minimum Gasteiger partial charge on any atom is -0.496 e. The molecule has 0 aliphatic heterocycles. The smallest absolute Gasteiger partial charge is 0.217 e. The van der Waals surface area contributed by atoms with E-state index in [1.807, 2.05) is 6.07 Å². The third-order valence-electron chi connectivity index (χ3n) is 3.43. The normalized spacial score (nSPS) is 17.8. The van der Waals surface area contributed by atoms with Crippen LogP contribution in [0, 0.1) is 0 Å². The van der Waals surface area contributed by atoms with Crippen LogP contribution in [-0.4, -0.2) is 19.1 Å². The van der Waals surface area contributed by atoms with Gasteiger partial charge in [0.2, 0.25) is 5.91 Å². The summed E-state index contributed by atoms with van der Waals surface area (Å²) in [7, 11) is 1.70. The molecule has 1 aromatic carbocycles. The third-order valence-corrected chi connectivity index (χ3v) is 4.42. The third kappa shape index (κ3) is 1.77. The van der Waals surface area contributed by atoms with E-state index in [1.54, 1.807) is 25.4 Å². The van der Waals surface area contributed by atoms with Gasteiger partial charge in [-0.05, 0) is 35.9 Å². The lowest BCUT2D eigenvalue weighted by molar-refractivity contribution is -0.119. The van der Waals surface area contributed by atoms with Gasteiger partial charge >= 0.3 is 0 Å². The molecule has 1 aliphatic carbocycles. The van der Waals surface area contributed by atoms with Gasteiger partial charge in [-0.2, -0.15) is 0 Å². The highest BCUT2D eigenvalue weighted by Crippen LogP contribution is 2.39. The van der Waals surface area contributed by atoms with E-state index in [2.05, 4.69) is 16.8 Å². The SMILES string of the molecule is COc1ccc2scc3c2c1CC(NC(C)=O)C3. The molecule has 2 aromatic rings. The molecule has 0 saturated heterocycles. The molecule has 1 unspecified atom stereocenters. The number of amides is 1. The highest BCUT2D eigenvalue weighted by Gasteiger charge is 2.24.